The second-order valence-electron chi connectivity index (χ2n) is 3.05. The summed E-state index contributed by atoms with van der Waals surface area (Å²) >= 11 is 0. The van der Waals surface area contributed by atoms with Gasteiger partial charge >= 0.3 is 0 Å². The van der Waals surface area contributed by atoms with E-state index in [0.717, 1.165) is 12.3 Å². The molecule has 1 heterocycles. The SMILES string of the molecule is Cc1ccc(C)n1CCS(C)=O. The van der Waals surface area contributed by atoms with Crippen molar-refractivity contribution in [3.05, 3.63) is 23.5 Å². The van der Waals surface area contributed by atoms with Gasteiger partial charge < -0.3 is 4.57 Å². The summed E-state index contributed by atoms with van der Waals surface area (Å²) < 4.78 is 13.1. The largest absolute Gasteiger partial charge is 0.348 e. The summed E-state index contributed by atoms with van der Waals surface area (Å²) in [6.07, 6.45) is 1.74. The Morgan fingerprint density at radius 1 is 1.33 bits per heavy atom. The topological polar surface area (TPSA) is 22.0 Å². The summed E-state index contributed by atoms with van der Waals surface area (Å²) in [5.74, 6) is 0.746. The fourth-order valence-electron chi connectivity index (χ4n) is 1.27. The van der Waals surface area contributed by atoms with Gasteiger partial charge in [-0.3, -0.25) is 4.21 Å². The summed E-state index contributed by atoms with van der Waals surface area (Å²) in [7, 11) is -0.688. The lowest BCUT2D eigenvalue weighted by atomic mass is 10.5. The van der Waals surface area contributed by atoms with Gasteiger partial charge in [0.05, 0.1) is 0 Å². The van der Waals surface area contributed by atoms with Crippen molar-refractivity contribution >= 4 is 10.8 Å². The normalized spacial score (nSPS) is 13.2. The Morgan fingerprint density at radius 3 is 2.25 bits per heavy atom. The highest BCUT2D eigenvalue weighted by Gasteiger charge is 2.00. The number of aromatic nitrogens is 1. The Bertz CT molecular complexity index is 271. The van der Waals surface area contributed by atoms with Crippen LogP contribution >= 0.6 is 0 Å². The molecule has 0 N–H and O–H groups in total. The van der Waals surface area contributed by atoms with Crippen LogP contribution in [-0.2, 0) is 17.3 Å². The zero-order valence-electron chi connectivity index (χ0n) is 7.83. The highest BCUT2D eigenvalue weighted by Crippen LogP contribution is 2.06. The minimum absolute atomic E-state index is 0.688. The van der Waals surface area contributed by atoms with E-state index in [1.165, 1.54) is 11.4 Å². The molecule has 0 aliphatic carbocycles. The molecular weight excluding hydrogens is 170 g/mol. The maximum atomic E-state index is 10.9. The van der Waals surface area contributed by atoms with Crippen molar-refractivity contribution in [3.63, 3.8) is 0 Å². The van der Waals surface area contributed by atoms with Gasteiger partial charge in [-0.05, 0) is 26.0 Å². The molecular formula is C9H15NOS. The first-order valence-corrected chi connectivity index (χ1v) is 5.76. The number of rotatable bonds is 3. The van der Waals surface area contributed by atoms with Crippen molar-refractivity contribution in [2.75, 3.05) is 12.0 Å². The van der Waals surface area contributed by atoms with Crippen LogP contribution in [0.2, 0.25) is 0 Å². The lowest BCUT2D eigenvalue weighted by molar-refractivity contribution is 0.671. The quantitative estimate of drug-likeness (QED) is 0.699. The monoisotopic (exact) mass is 185 g/mol. The van der Waals surface area contributed by atoms with E-state index in [1.807, 2.05) is 0 Å². The van der Waals surface area contributed by atoms with E-state index in [9.17, 15) is 4.21 Å². The molecule has 2 nitrogen and oxygen atoms in total. The Kier molecular flexibility index (Phi) is 3.09. The van der Waals surface area contributed by atoms with Crippen LogP contribution in [0.25, 0.3) is 0 Å². The molecule has 3 heteroatoms. The van der Waals surface area contributed by atoms with E-state index in [-0.39, 0.29) is 0 Å². The molecule has 0 amide bonds. The fourth-order valence-corrected chi connectivity index (χ4v) is 1.71. The van der Waals surface area contributed by atoms with Crippen molar-refractivity contribution in [3.8, 4) is 0 Å². The van der Waals surface area contributed by atoms with E-state index in [1.54, 1.807) is 6.26 Å². The molecule has 1 rings (SSSR count). The van der Waals surface area contributed by atoms with Crippen molar-refractivity contribution in [1.82, 2.24) is 4.57 Å². The van der Waals surface area contributed by atoms with Gasteiger partial charge in [0.2, 0.25) is 0 Å². The molecule has 0 saturated carbocycles. The van der Waals surface area contributed by atoms with Gasteiger partial charge in [-0.1, -0.05) is 0 Å². The maximum Gasteiger partial charge on any atom is 0.0412 e. The molecule has 0 radical (unpaired) electrons. The molecule has 1 aromatic rings. The zero-order valence-corrected chi connectivity index (χ0v) is 8.65. The summed E-state index contributed by atoms with van der Waals surface area (Å²) in [5, 5.41) is 0. The van der Waals surface area contributed by atoms with Gasteiger partial charge in [0.15, 0.2) is 0 Å². The van der Waals surface area contributed by atoms with Crippen LogP contribution in [0.5, 0.6) is 0 Å². The molecule has 1 aromatic heterocycles. The van der Waals surface area contributed by atoms with Gasteiger partial charge in [-0.25, -0.2) is 0 Å². The molecule has 1 unspecified atom stereocenters. The maximum absolute atomic E-state index is 10.9. The van der Waals surface area contributed by atoms with Gasteiger partial charge in [0.25, 0.3) is 0 Å². The lowest BCUT2D eigenvalue weighted by Crippen LogP contribution is -2.08. The van der Waals surface area contributed by atoms with Crippen LogP contribution in [0, 0.1) is 13.8 Å². The second-order valence-corrected chi connectivity index (χ2v) is 4.60. The number of hydrogen-bond acceptors (Lipinski definition) is 1. The Hall–Kier alpha value is -0.570. The Morgan fingerprint density at radius 2 is 1.83 bits per heavy atom. The van der Waals surface area contributed by atoms with E-state index in [4.69, 9.17) is 0 Å². The van der Waals surface area contributed by atoms with E-state index < -0.39 is 10.8 Å². The van der Waals surface area contributed by atoms with E-state index in [0.29, 0.717) is 0 Å². The first-order valence-electron chi connectivity index (χ1n) is 4.04. The highest BCUT2D eigenvalue weighted by atomic mass is 32.2. The zero-order chi connectivity index (χ0) is 9.14. The summed E-state index contributed by atoms with van der Waals surface area (Å²) in [5.41, 5.74) is 2.50. The van der Waals surface area contributed by atoms with Crippen LogP contribution in [0.1, 0.15) is 11.4 Å². The van der Waals surface area contributed by atoms with Gasteiger partial charge in [-0.2, -0.15) is 0 Å². The molecule has 0 bridgehead atoms. The third-order valence-corrected chi connectivity index (χ3v) is 2.78. The summed E-state index contributed by atoms with van der Waals surface area (Å²) in [4.78, 5) is 0. The second kappa shape index (κ2) is 3.90. The van der Waals surface area contributed by atoms with Gasteiger partial charge in [0.1, 0.15) is 0 Å². The van der Waals surface area contributed by atoms with Crippen molar-refractivity contribution in [2.45, 2.75) is 20.4 Å². The molecule has 0 aliphatic rings. The van der Waals surface area contributed by atoms with Crippen LogP contribution in [0.3, 0.4) is 0 Å². The number of hydrogen-bond donors (Lipinski definition) is 0. The Balaban J connectivity index is 2.68. The predicted molar refractivity (Wildman–Crippen MR) is 52.8 cm³/mol. The molecule has 0 fully saturated rings. The summed E-state index contributed by atoms with van der Waals surface area (Å²) in [6, 6.07) is 4.18. The minimum Gasteiger partial charge on any atom is -0.348 e. The third-order valence-electron chi connectivity index (χ3n) is 2.02. The average molecular weight is 185 g/mol. The fraction of sp³-hybridized carbons (Fsp3) is 0.556. The lowest BCUT2D eigenvalue weighted by Gasteiger charge is -2.06. The molecule has 1 atom stereocenters. The minimum atomic E-state index is -0.688. The van der Waals surface area contributed by atoms with Gasteiger partial charge in [-0.15, -0.1) is 0 Å². The standard InChI is InChI=1S/C9H15NOS/c1-8-4-5-9(2)10(8)6-7-12(3)11/h4-5H,6-7H2,1-3H3. The number of aryl methyl sites for hydroxylation is 2. The summed E-state index contributed by atoms with van der Waals surface area (Å²) in [6.45, 7) is 5.02. The Labute approximate surface area is 76.0 Å². The number of nitrogens with zero attached hydrogens (tertiary/aromatic N) is 1. The van der Waals surface area contributed by atoms with Crippen LogP contribution < -0.4 is 0 Å². The van der Waals surface area contributed by atoms with Crippen molar-refractivity contribution < 1.29 is 4.21 Å². The van der Waals surface area contributed by atoms with Crippen LogP contribution in [0.15, 0.2) is 12.1 Å². The van der Waals surface area contributed by atoms with E-state index >= 15 is 0 Å². The first-order chi connectivity index (χ1) is 5.61. The molecule has 0 saturated heterocycles. The molecule has 0 aromatic carbocycles. The van der Waals surface area contributed by atoms with Crippen molar-refractivity contribution in [1.29, 1.82) is 0 Å². The molecule has 12 heavy (non-hydrogen) atoms. The third kappa shape index (κ3) is 2.21. The van der Waals surface area contributed by atoms with Crippen LogP contribution in [0.4, 0.5) is 0 Å². The first kappa shape index (κ1) is 9.52. The van der Waals surface area contributed by atoms with E-state index in [2.05, 4.69) is 30.5 Å². The predicted octanol–water partition coefficient (Wildman–Crippen LogP) is 1.48. The molecule has 0 aliphatic heterocycles. The smallest absolute Gasteiger partial charge is 0.0412 e. The molecule has 68 valence electrons. The van der Waals surface area contributed by atoms with Gasteiger partial charge in [0, 0.05) is 40.7 Å². The molecule has 0 spiro atoms. The van der Waals surface area contributed by atoms with Crippen LogP contribution in [-0.4, -0.2) is 20.8 Å². The van der Waals surface area contributed by atoms with Crippen molar-refractivity contribution in [2.24, 2.45) is 0 Å². The highest BCUT2D eigenvalue weighted by molar-refractivity contribution is 7.84. The average Bonchev–Trinajstić information content (AvgIpc) is 2.28.